The molecule has 0 aliphatic carbocycles. The first-order valence-corrected chi connectivity index (χ1v) is 8.50. The number of rotatable bonds is 6. The van der Waals surface area contributed by atoms with Crippen molar-refractivity contribution >= 4 is 17.7 Å². The van der Waals surface area contributed by atoms with Gasteiger partial charge in [0.15, 0.2) is 12.4 Å². The molecule has 0 fully saturated rings. The van der Waals surface area contributed by atoms with Crippen molar-refractivity contribution in [2.24, 2.45) is 5.73 Å². The maximum atomic E-state index is 12.6. The van der Waals surface area contributed by atoms with E-state index >= 15 is 0 Å². The first kappa shape index (κ1) is 19.1. The van der Waals surface area contributed by atoms with Crippen LogP contribution in [0.4, 0.5) is 0 Å². The van der Waals surface area contributed by atoms with Gasteiger partial charge in [-0.25, -0.2) is 4.79 Å². The highest BCUT2D eigenvalue weighted by atomic mass is 16.5. The summed E-state index contributed by atoms with van der Waals surface area (Å²) in [6, 6.07) is 9.18. The SMILES string of the molecule is Cc1cc(-n2c(C)cc(C(=O)COC(=O)c3ccc(C(N)=O)cc3)c2C)no1. The van der Waals surface area contributed by atoms with Crippen LogP contribution in [-0.2, 0) is 4.74 Å². The third kappa shape index (κ3) is 3.71. The number of esters is 1. The smallest absolute Gasteiger partial charge is 0.338 e. The molecule has 0 bridgehead atoms. The second-order valence-corrected chi connectivity index (χ2v) is 6.36. The standard InChI is InChI=1S/C20H19N3O5/c1-11-8-16(13(3)23(11)18-9-12(2)28-22-18)17(24)10-27-20(26)15-6-4-14(5-7-15)19(21)25/h4-9H,10H2,1-3H3,(H2,21,25). The second kappa shape index (κ2) is 7.51. The fraction of sp³-hybridized carbons (Fsp3) is 0.200. The van der Waals surface area contributed by atoms with Crippen molar-refractivity contribution in [3.05, 3.63) is 70.2 Å². The Hall–Kier alpha value is -3.68. The molecule has 3 rings (SSSR count). The molecule has 2 heterocycles. The molecule has 144 valence electrons. The minimum absolute atomic E-state index is 0.223. The molecule has 2 aromatic heterocycles. The lowest BCUT2D eigenvalue weighted by Gasteiger charge is -2.06. The number of Topliss-reactive ketones (excluding diaryl/α,β-unsaturated/α-hetero) is 1. The highest BCUT2D eigenvalue weighted by Crippen LogP contribution is 2.21. The van der Waals surface area contributed by atoms with E-state index in [4.69, 9.17) is 15.0 Å². The van der Waals surface area contributed by atoms with Gasteiger partial charge in [-0.2, -0.15) is 0 Å². The van der Waals surface area contributed by atoms with E-state index in [-0.39, 0.29) is 16.9 Å². The molecule has 2 N–H and O–H groups in total. The van der Waals surface area contributed by atoms with Crippen molar-refractivity contribution < 1.29 is 23.6 Å². The molecule has 8 heteroatoms. The fourth-order valence-electron chi connectivity index (χ4n) is 2.92. The van der Waals surface area contributed by atoms with Crippen molar-refractivity contribution in [1.82, 2.24) is 9.72 Å². The second-order valence-electron chi connectivity index (χ2n) is 6.36. The predicted octanol–water partition coefficient (Wildman–Crippen LogP) is 2.53. The number of carbonyl (C=O) groups is 3. The Kier molecular flexibility index (Phi) is 5.12. The van der Waals surface area contributed by atoms with Crippen molar-refractivity contribution in [3.8, 4) is 5.82 Å². The molecule has 1 aromatic carbocycles. The van der Waals surface area contributed by atoms with Crippen molar-refractivity contribution in [2.45, 2.75) is 20.8 Å². The molecule has 0 spiro atoms. The molecule has 0 saturated carbocycles. The Bertz CT molecular complexity index is 1060. The zero-order chi connectivity index (χ0) is 20.4. The maximum absolute atomic E-state index is 12.6. The van der Waals surface area contributed by atoms with Crippen LogP contribution >= 0.6 is 0 Å². The summed E-state index contributed by atoms with van der Waals surface area (Å²) in [7, 11) is 0. The van der Waals surface area contributed by atoms with E-state index in [0.717, 1.165) is 5.69 Å². The number of carbonyl (C=O) groups excluding carboxylic acids is 3. The average Bonchev–Trinajstić information content (AvgIpc) is 3.21. The number of hydrogen-bond acceptors (Lipinski definition) is 6. The highest BCUT2D eigenvalue weighted by Gasteiger charge is 2.20. The summed E-state index contributed by atoms with van der Waals surface area (Å²) >= 11 is 0. The van der Waals surface area contributed by atoms with Crippen molar-refractivity contribution in [2.75, 3.05) is 6.61 Å². The van der Waals surface area contributed by atoms with Gasteiger partial charge in [-0.15, -0.1) is 0 Å². The molecule has 28 heavy (non-hydrogen) atoms. The van der Waals surface area contributed by atoms with Crippen LogP contribution in [0.15, 0.2) is 40.9 Å². The maximum Gasteiger partial charge on any atom is 0.338 e. The molecular weight excluding hydrogens is 362 g/mol. The Morgan fingerprint density at radius 1 is 1.07 bits per heavy atom. The zero-order valence-corrected chi connectivity index (χ0v) is 15.7. The lowest BCUT2D eigenvalue weighted by molar-refractivity contribution is 0.0474. The topological polar surface area (TPSA) is 117 Å². The van der Waals surface area contributed by atoms with Crippen LogP contribution in [0.2, 0.25) is 0 Å². The summed E-state index contributed by atoms with van der Waals surface area (Å²) in [5.74, 6) is -0.343. The van der Waals surface area contributed by atoms with Gasteiger partial charge in [0.2, 0.25) is 11.7 Å². The molecule has 0 aliphatic heterocycles. The Balaban J connectivity index is 1.71. The highest BCUT2D eigenvalue weighted by molar-refractivity contribution is 6.01. The van der Waals surface area contributed by atoms with Crippen LogP contribution in [0.3, 0.4) is 0 Å². The van der Waals surface area contributed by atoms with Crippen LogP contribution < -0.4 is 5.73 Å². The average molecular weight is 381 g/mol. The number of amides is 1. The Morgan fingerprint density at radius 3 is 2.29 bits per heavy atom. The quantitative estimate of drug-likeness (QED) is 0.518. The van der Waals surface area contributed by atoms with Gasteiger partial charge >= 0.3 is 5.97 Å². The van der Waals surface area contributed by atoms with Gasteiger partial charge in [-0.3, -0.25) is 14.2 Å². The van der Waals surface area contributed by atoms with E-state index in [1.165, 1.54) is 24.3 Å². The van der Waals surface area contributed by atoms with Crippen LogP contribution in [0.1, 0.15) is 48.2 Å². The number of aryl methyl sites for hydroxylation is 2. The minimum Gasteiger partial charge on any atom is -0.454 e. The van der Waals surface area contributed by atoms with Gasteiger partial charge in [0.25, 0.3) is 0 Å². The molecule has 0 atom stereocenters. The molecule has 0 aliphatic rings. The van der Waals surface area contributed by atoms with Crippen LogP contribution in [-0.4, -0.2) is 34.0 Å². The van der Waals surface area contributed by atoms with E-state index in [0.29, 0.717) is 22.8 Å². The van der Waals surface area contributed by atoms with Crippen LogP contribution in [0.5, 0.6) is 0 Å². The number of primary amides is 1. The van der Waals surface area contributed by atoms with Crippen molar-refractivity contribution in [3.63, 3.8) is 0 Å². The summed E-state index contributed by atoms with van der Waals surface area (Å²) in [4.78, 5) is 35.7. The van der Waals surface area contributed by atoms with Crippen molar-refractivity contribution in [1.29, 1.82) is 0 Å². The van der Waals surface area contributed by atoms with E-state index in [9.17, 15) is 14.4 Å². The van der Waals surface area contributed by atoms with Crippen LogP contribution in [0, 0.1) is 20.8 Å². The van der Waals surface area contributed by atoms with E-state index in [1.54, 1.807) is 30.5 Å². The summed E-state index contributed by atoms with van der Waals surface area (Å²) in [5, 5.41) is 3.97. The van der Waals surface area contributed by atoms with Crippen LogP contribution in [0.25, 0.3) is 5.82 Å². The fourth-order valence-corrected chi connectivity index (χ4v) is 2.92. The lowest BCUT2D eigenvalue weighted by Crippen LogP contribution is -2.15. The number of benzene rings is 1. The van der Waals surface area contributed by atoms with Gasteiger partial charge in [0.1, 0.15) is 5.76 Å². The molecule has 8 nitrogen and oxygen atoms in total. The van der Waals surface area contributed by atoms with E-state index in [2.05, 4.69) is 5.16 Å². The summed E-state index contributed by atoms with van der Waals surface area (Å²) in [6.07, 6.45) is 0. The van der Waals surface area contributed by atoms with Gasteiger partial charge in [0, 0.05) is 28.6 Å². The normalized spacial score (nSPS) is 10.7. The molecule has 0 saturated heterocycles. The number of hydrogen-bond donors (Lipinski definition) is 1. The van der Waals surface area contributed by atoms with Gasteiger partial charge in [-0.05, 0) is 51.1 Å². The minimum atomic E-state index is -0.662. The number of ether oxygens (including phenoxy) is 1. The van der Waals surface area contributed by atoms with Gasteiger partial charge < -0.3 is 15.0 Å². The Morgan fingerprint density at radius 2 is 1.71 bits per heavy atom. The Labute approximate surface area is 160 Å². The number of nitrogens with two attached hydrogens (primary N) is 1. The third-order valence-corrected chi connectivity index (χ3v) is 4.32. The number of aromatic nitrogens is 2. The zero-order valence-electron chi connectivity index (χ0n) is 15.7. The summed E-state index contributed by atoms with van der Waals surface area (Å²) in [6.45, 7) is 5.01. The first-order chi connectivity index (χ1) is 13.3. The molecule has 1 amide bonds. The lowest BCUT2D eigenvalue weighted by atomic mass is 10.1. The van der Waals surface area contributed by atoms with Gasteiger partial charge in [-0.1, -0.05) is 5.16 Å². The number of ketones is 1. The van der Waals surface area contributed by atoms with Gasteiger partial charge in [0.05, 0.1) is 5.56 Å². The molecular formula is C20H19N3O5. The molecule has 0 radical (unpaired) electrons. The number of nitrogens with zero attached hydrogens (tertiary/aromatic N) is 2. The van der Waals surface area contributed by atoms with E-state index < -0.39 is 18.5 Å². The predicted molar refractivity (Wildman–Crippen MR) is 99.6 cm³/mol. The molecule has 0 unspecified atom stereocenters. The summed E-state index contributed by atoms with van der Waals surface area (Å²) in [5.41, 5.74) is 7.59. The monoisotopic (exact) mass is 381 g/mol. The summed E-state index contributed by atoms with van der Waals surface area (Å²) < 4.78 is 12.0. The first-order valence-electron chi connectivity index (χ1n) is 8.50. The molecule has 3 aromatic rings. The van der Waals surface area contributed by atoms with E-state index in [1.807, 2.05) is 6.92 Å². The third-order valence-electron chi connectivity index (χ3n) is 4.32. The largest absolute Gasteiger partial charge is 0.454 e.